The summed E-state index contributed by atoms with van der Waals surface area (Å²) < 4.78 is 28.3. The fraction of sp³-hybridized carbons (Fsp3) is 0.600. The number of nitrogens with one attached hydrogen (secondary N) is 2. The standard InChI is InChI=1S/C20H33N5O3S/c1-6-21-19(25-13-11-24(12-14-25)16(2)26)22-15-17-9-7-8-10-18(17)29(27,28)23-20(3,4)5/h7-10,23H,6,11-15H2,1-5H3,(H,21,22). The number of nitrogens with zero attached hydrogens (tertiary/aromatic N) is 3. The van der Waals surface area contributed by atoms with Crippen LogP contribution >= 0.6 is 0 Å². The van der Waals surface area contributed by atoms with Crippen LogP contribution in [0.25, 0.3) is 0 Å². The number of amides is 1. The van der Waals surface area contributed by atoms with Gasteiger partial charge in [0.1, 0.15) is 0 Å². The molecule has 162 valence electrons. The minimum Gasteiger partial charge on any atom is -0.357 e. The van der Waals surface area contributed by atoms with Crippen LogP contribution < -0.4 is 10.0 Å². The molecule has 0 aromatic heterocycles. The maximum atomic E-state index is 12.8. The quantitative estimate of drug-likeness (QED) is 0.551. The highest BCUT2D eigenvalue weighted by Gasteiger charge is 2.25. The molecule has 1 amide bonds. The van der Waals surface area contributed by atoms with Crippen LogP contribution in [0.5, 0.6) is 0 Å². The Hall–Kier alpha value is -2.13. The van der Waals surface area contributed by atoms with Crippen LogP contribution in [0.2, 0.25) is 0 Å². The third kappa shape index (κ3) is 6.71. The molecule has 2 rings (SSSR count). The van der Waals surface area contributed by atoms with Gasteiger partial charge >= 0.3 is 0 Å². The van der Waals surface area contributed by atoms with Crippen LogP contribution in [-0.4, -0.2) is 68.3 Å². The van der Waals surface area contributed by atoms with Crippen molar-refractivity contribution in [2.24, 2.45) is 4.99 Å². The summed E-state index contributed by atoms with van der Waals surface area (Å²) in [7, 11) is -3.65. The van der Waals surface area contributed by atoms with Gasteiger partial charge in [-0.25, -0.2) is 18.1 Å². The van der Waals surface area contributed by atoms with Crippen molar-refractivity contribution in [1.82, 2.24) is 19.8 Å². The molecule has 1 saturated heterocycles. The summed E-state index contributed by atoms with van der Waals surface area (Å²) in [6, 6.07) is 6.94. The molecule has 2 N–H and O–H groups in total. The van der Waals surface area contributed by atoms with Crippen molar-refractivity contribution >= 4 is 21.9 Å². The van der Waals surface area contributed by atoms with E-state index in [1.165, 1.54) is 0 Å². The predicted molar refractivity (Wildman–Crippen MR) is 115 cm³/mol. The highest BCUT2D eigenvalue weighted by molar-refractivity contribution is 7.89. The Morgan fingerprint density at radius 2 is 1.69 bits per heavy atom. The minimum absolute atomic E-state index is 0.0806. The second-order valence-electron chi connectivity index (χ2n) is 8.13. The average molecular weight is 424 g/mol. The molecular formula is C20H33N5O3S. The van der Waals surface area contributed by atoms with Crippen LogP contribution in [-0.2, 0) is 21.4 Å². The molecule has 0 atom stereocenters. The number of piperazine rings is 1. The highest BCUT2D eigenvalue weighted by atomic mass is 32.2. The number of hydrogen-bond donors (Lipinski definition) is 2. The van der Waals surface area contributed by atoms with Crippen LogP contribution in [0.3, 0.4) is 0 Å². The number of rotatable bonds is 5. The van der Waals surface area contributed by atoms with E-state index in [4.69, 9.17) is 0 Å². The van der Waals surface area contributed by atoms with Crippen molar-refractivity contribution in [3.63, 3.8) is 0 Å². The molecular weight excluding hydrogens is 390 g/mol. The van der Waals surface area contributed by atoms with Gasteiger partial charge in [0.2, 0.25) is 15.9 Å². The van der Waals surface area contributed by atoms with E-state index in [-0.39, 0.29) is 17.3 Å². The first-order valence-corrected chi connectivity index (χ1v) is 11.4. The summed E-state index contributed by atoms with van der Waals surface area (Å²) in [6.07, 6.45) is 0. The Labute approximate surface area is 174 Å². The van der Waals surface area contributed by atoms with Gasteiger partial charge in [-0.05, 0) is 39.3 Å². The molecule has 1 aromatic rings. The summed E-state index contributed by atoms with van der Waals surface area (Å²) in [5.41, 5.74) is 0.0718. The molecule has 0 unspecified atom stereocenters. The van der Waals surface area contributed by atoms with E-state index in [1.54, 1.807) is 25.1 Å². The van der Waals surface area contributed by atoms with E-state index in [1.807, 2.05) is 38.7 Å². The molecule has 0 saturated carbocycles. The molecule has 0 bridgehead atoms. The lowest BCUT2D eigenvalue weighted by molar-refractivity contribution is -0.130. The van der Waals surface area contributed by atoms with Crippen LogP contribution in [0.4, 0.5) is 0 Å². The zero-order chi connectivity index (χ0) is 21.7. The number of aliphatic imine (C=N–C) groups is 1. The summed E-state index contributed by atoms with van der Waals surface area (Å²) in [5.74, 6) is 0.809. The van der Waals surface area contributed by atoms with E-state index in [9.17, 15) is 13.2 Å². The lowest BCUT2D eigenvalue weighted by Gasteiger charge is -2.36. The number of carbonyl (C=O) groups is 1. The van der Waals surface area contributed by atoms with Crippen molar-refractivity contribution in [1.29, 1.82) is 0 Å². The zero-order valence-corrected chi connectivity index (χ0v) is 18.8. The van der Waals surface area contributed by atoms with Gasteiger partial charge in [-0.3, -0.25) is 4.79 Å². The van der Waals surface area contributed by atoms with Gasteiger partial charge in [-0.15, -0.1) is 0 Å². The van der Waals surface area contributed by atoms with E-state index in [0.29, 0.717) is 38.3 Å². The van der Waals surface area contributed by atoms with Crippen molar-refractivity contribution in [3.05, 3.63) is 29.8 Å². The molecule has 0 radical (unpaired) electrons. The Kier molecular flexibility index (Phi) is 7.65. The Bertz CT molecular complexity index is 838. The molecule has 1 aromatic carbocycles. The smallest absolute Gasteiger partial charge is 0.241 e. The Morgan fingerprint density at radius 1 is 1.10 bits per heavy atom. The number of guanidine groups is 1. The van der Waals surface area contributed by atoms with Gasteiger partial charge < -0.3 is 15.1 Å². The zero-order valence-electron chi connectivity index (χ0n) is 18.0. The molecule has 1 heterocycles. The molecule has 1 fully saturated rings. The lowest BCUT2D eigenvalue weighted by Crippen LogP contribution is -2.53. The van der Waals surface area contributed by atoms with Crippen molar-refractivity contribution < 1.29 is 13.2 Å². The number of carbonyl (C=O) groups excluding carboxylic acids is 1. The fourth-order valence-corrected chi connectivity index (χ4v) is 4.83. The summed E-state index contributed by atoms with van der Waals surface area (Å²) in [6.45, 7) is 12.7. The molecule has 1 aliphatic rings. The summed E-state index contributed by atoms with van der Waals surface area (Å²) >= 11 is 0. The largest absolute Gasteiger partial charge is 0.357 e. The van der Waals surface area contributed by atoms with Crippen LogP contribution in [0.1, 0.15) is 40.2 Å². The lowest BCUT2D eigenvalue weighted by atomic mass is 10.1. The van der Waals surface area contributed by atoms with Gasteiger partial charge in [-0.1, -0.05) is 18.2 Å². The number of benzene rings is 1. The Morgan fingerprint density at radius 3 is 2.24 bits per heavy atom. The number of hydrogen-bond acceptors (Lipinski definition) is 4. The van der Waals surface area contributed by atoms with Gasteiger partial charge in [0.25, 0.3) is 0 Å². The summed E-state index contributed by atoms with van der Waals surface area (Å²) in [5, 5.41) is 3.27. The Balaban J connectivity index is 2.21. The third-order valence-electron chi connectivity index (χ3n) is 4.46. The second kappa shape index (κ2) is 9.58. The van der Waals surface area contributed by atoms with E-state index in [0.717, 1.165) is 5.96 Å². The van der Waals surface area contributed by atoms with Gasteiger partial charge in [0.05, 0.1) is 11.4 Å². The first-order chi connectivity index (χ1) is 13.5. The van der Waals surface area contributed by atoms with Crippen LogP contribution in [0, 0.1) is 0 Å². The maximum Gasteiger partial charge on any atom is 0.241 e. The van der Waals surface area contributed by atoms with E-state index >= 15 is 0 Å². The normalized spacial score (nSPS) is 16.1. The van der Waals surface area contributed by atoms with Gasteiger partial charge in [-0.2, -0.15) is 0 Å². The van der Waals surface area contributed by atoms with Gasteiger partial charge in [0, 0.05) is 45.2 Å². The first-order valence-electron chi connectivity index (χ1n) is 9.94. The van der Waals surface area contributed by atoms with E-state index in [2.05, 4.69) is 19.9 Å². The monoisotopic (exact) mass is 423 g/mol. The minimum atomic E-state index is -3.65. The molecule has 0 spiro atoms. The molecule has 1 aliphatic heterocycles. The average Bonchev–Trinajstić information content (AvgIpc) is 2.63. The van der Waals surface area contributed by atoms with Gasteiger partial charge in [0.15, 0.2) is 5.96 Å². The maximum absolute atomic E-state index is 12.8. The highest BCUT2D eigenvalue weighted by Crippen LogP contribution is 2.19. The fourth-order valence-electron chi connectivity index (χ4n) is 3.17. The molecule has 9 heteroatoms. The predicted octanol–water partition coefficient (Wildman–Crippen LogP) is 1.39. The SMILES string of the molecule is CCNC(=NCc1ccccc1S(=O)(=O)NC(C)(C)C)N1CCN(C(C)=O)CC1. The molecule has 8 nitrogen and oxygen atoms in total. The topological polar surface area (TPSA) is 94.1 Å². The molecule has 0 aliphatic carbocycles. The molecule has 29 heavy (non-hydrogen) atoms. The first kappa shape index (κ1) is 23.2. The van der Waals surface area contributed by atoms with Crippen molar-refractivity contribution in [2.75, 3.05) is 32.7 Å². The van der Waals surface area contributed by atoms with E-state index < -0.39 is 15.6 Å². The second-order valence-corrected chi connectivity index (χ2v) is 9.78. The summed E-state index contributed by atoms with van der Waals surface area (Å²) in [4.78, 5) is 20.4. The van der Waals surface area contributed by atoms with Crippen LogP contribution in [0.15, 0.2) is 34.2 Å². The number of sulfonamides is 1. The van der Waals surface area contributed by atoms with Crippen molar-refractivity contribution in [3.8, 4) is 0 Å². The van der Waals surface area contributed by atoms with Crippen molar-refractivity contribution in [2.45, 2.75) is 51.6 Å². The third-order valence-corrected chi connectivity index (χ3v) is 6.32.